The topological polar surface area (TPSA) is 79.7 Å². The second-order valence-corrected chi connectivity index (χ2v) is 8.43. The molecule has 1 aromatic heterocycles. The molecule has 164 valence electrons. The number of ether oxygens (including phenoxy) is 1. The molecule has 3 aromatic carbocycles. The van der Waals surface area contributed by atoms with Crippen LogP contribution in [0.3, 0.4) is 0 Å². The van der Waals surface area contributed by atoms with Crippen molar-refractivity contribution in [2.75, 3.05) is 12.0 Å². The highest BCUT2D eigenvalue weighted by Gasteiger charge is 2.48. The number of thiazole rings is 1. The monoisotopic (exact) mass is 460 g/mol. The van der Waals surface area contributed by atoms with Gasteiger partial charge in [-0.1, -0.05) is 41.7 Å². The fourth-order valence-electron chi connectivity index (χ4n) is 3.87. The van der Waals surface area contributed by atoms with Crippen molar-refractivity contribution in [2.45, 2.75) is 6.04 Å². The first-order chi connectivity index (χ1) is 16.0. The van der Waals surface area contributed by atoms with Gasteiger partial charge in [0.2, 0.25) is 0 Å². The number of hydrogen-bond acceptors (Lipinski definition) is 6. The van der Waals surface area contributed by atoms with E-state index in [1.807, 2.05) is 6.07 Å². The minimum atomic E-state index is -0.890. The summed E-state index contributed by atoms with van der Waals surface area (Å²) in [7, 11) is 1.53. The maximum absolute atomic E-state index is 13.7. The zero-order valence-corrected chi connectivity index (χ0v) is 18.2. The van der Waals surface area contributed by atoms with E-state index in [9.17, 15) is 19.1 Å². The Morgan fingerprint density at radius 1 is 1.06 bits per heavy atom. The number of halogens is 1. The van der Waals surface area contributed by atoms with Crippen LogP contribution in [0.5, 0.6) is 5.75 Å². The number of anilines is 1. The van der Waals surface area contributed by atoms with Gasteiger partial charge in [0.25, 0.3) is 5.78 Å². The largest absolute Gasteiger partial charge is 0.507 e. The number of benzene rings is 3. The first-order valence-electron chi connectivity index (χ1n) is 10.0. The zero-order chi connectivity index (χ0) is 23.1. The number of fused-ring (bicyclic) bond motifs is 1. The van der Waals surface area contributed by atoms with Gasteiger partial charge in [-0.25, -0.2) is 9.37 Å². The Morgan fingerprint density at radius 2 is 1.79 bits per heavy atom. The van der Waals surface area contributed by atoms with Crippen molar-refractivity contribution in [1.82, 2.24) is 4.98 Å². The quantitative estimate of drug-likeness (QED) is 0.261. The van der Waals surface area contributed by atoms with Crippen molar-refractivity contribution in [2.24, 2.45) is 0 Å². The number of amides is 1. The summed E-state index contributed by atoms with van der Waals surface area (Å²) < 4.78 is 19.4. The molecule has 1 fully saturated rings. The summed E-state index contributed by atoms with van der Waals surface area (Å²) in [5, 5.41) is 11.4. The van der Waals surface area contributed by atoms with Gasteiger partial charge in [0, 0.05) is 5.56 Å². The van der Waals surface area contributed by atoms with E-state index in [4.69, 9.17) is 4.74 Å². The normalized spacial score (nSPS) is 17.6. The average molecular weight is 460 g/mol. The molecule has 2 heterocycles. The number of nitrogens with zero attached hydrogens (tertiary/aromatic N) is 2. The van der Waals surface area contributed by atoms with Crippen LogP contribution < -0.4 is 9.64 Å². The summed E-state index contributed by atoms with van der Waals surface area (Å²) in [5.41, 5.74) is 1.49. The molecule has 1 atom stereocenters. The number of hydrogen-bond donors (Lipinski definition) is 1. The molecule has 1 aliphatic heterocycles. The predicted molar refractivity (Wildman–Crippen MR) is 124 cm³/mol. The van der Waals surface area contributed by atoms with Crippen molar-refractivity contribution in [1.29, 1.82) is 0 Å². The van der Waals surface area contributed by atoms with Crippen LogP contribution in [0, 0.1) is 5.82 Å². The van der Waals surface area contributed by atoms with E-state index >= 15 is 0 Å². The first kappa shape index (κ1) is 20.8. The van der Waals surface area contributed by atoms with Gasteiger partial charge in [0.1, 0.15) is 17.3 Å². The number of carbonyl (C=O) groups excluding carboxylic acids is 2. The summed E-state index contributed by atoms with van der Waals surface area (Å²) in [4.78, 5) is 32.1. The second-order valence-electron chi connectivity index (χ2n) is 7.42. The van der Waals surface area contributed by atoms with E-state index in [2.05, 4.69) is 4.98 Å². The van der Waals surface area contributed by atoms with Gasteiger partial charge >= 0.3 is 5.91 Å². The minimum absolute atomic E-state index is 0.0400. The summed E-state index contributed by atoms with van der Waals surface area (Å²) in [6.07, 6.45) is 0. The molecule has 0 aliphatic carbocycles. The number of carbonyl (C=O) groups is 2. The van der Waals surface area contributed by atoms with Crippen LogP contribution in [-0.2, 0) is 9.59 Å². The third-order valence-electron chi connectivity index (χ3n) is 5.47. The number of aliphatic hydroxyl groups is 1. The summed E-state index contributed by atoms with van der Waals surface area (Å²) >= 11 is 1.11. The molecule has 1 N–H and O–H groups in total. The molecule has 0 spiro atoms. The molecule has 0 radical (unpaired) electrons. The van der Waals surface area contributed by atoms with E-state index in [0.29, 0.717) is 27.1 Å². The number of aliphatic hydroxyl groups excluding tert-OH is 1. The van der Waals surface area contributed by atoms with Gasteiger partial charge in [-0.05, 0) is 48.0 Å². The Bertz CT molecular complexity index is 1410. The molecule has 0 unspecified atom stereocenters. The third kappa shape index (κ3) is 3.54. The Morgan fingerprint density at radius 3 is 2.48 bits per heavy atom. The molecule has 33 heavy (non-hydrogen) atoms. The smallest absolute Gasteiger partial charge is 0.301 e. The Kier molecular flexibility index (Phi) is 5.14. The van der Waals surface area contributed by atoms with Crippen LogP contribution in [0.4, 0.5) is 9.52 Å². The fourth-order valence-corrected chi connectivity index (χ4v) is 4.89. The van der Waals surface area contributed by atoms with E-state index in [1.165, 1.54) is 30.2 Å². The molecule has 4 aromatic rings. The second kappa shape index (κ2) is 8.14. The number of methoxy groups -OCH3 is 1. The highest BCUT2D eigenvalue weighted by Crippen LogP contribution is 2.44. The van der Waals surface area contributed by atoms with E-state index in [0.717, 1.165) is 11.3 Å². The predicted octanol–water partition coefficient (Wildman–Crippen LogP) is 5.07. The number of ketones is 1. The molecule has 5 rings (SSSR count). The van der Waals surface area contributed by atoms with Gasteiger partial charge < -0.3 is 9.84 Å². The van der Waals surface area contributed by atoms with Gasteiger partial charge in [-0.3, -0.25) is 14.5 Å². The van der Waals surface area contributed by atoms with Gasteiger partial charge in [0.15, 0.2) is 5.13 Å². The van der Waals surface area contributed by atoms with Gasteiger partial charge in [-0.2, -0.15) is 0 Å². The number of Topliss-reactive ketones (excluding diaryl/α,β-unsaturated/α-hetero) is 1. The lowest BCUT2D eigenvalue weighted by Crippen LogP contribution is -2.29. The molecule has 6 nitrogen and oxygen atoms in total. The van der Waals surface area contributed by atoms with Crippen molar-refractivity contribution in [3.8, 4) is 5.75 Å². The van der Waals surface area contributed by atoms with Crippen molar-refractivity contribution in [3.63, 3.8) is 0 Å². The zero-order valence-electron chi connectivity index (χ0n) is 17.4. The van der Waals surface area contributed by atoms with Crippen LogP contribution in [0.2, 0.25) is 0 Å². The van der Waals surface area contributed by atoms with E-state index in [1.54, 1.807) is 48.5 Å². The average Bonchev–Trinajstić information content (AvgIpc) is 3.37. The first-order valence-corrected chi connectivity index (χ1v) is 10.9. The van der Waals surface area contributed by atoms with Crippen LogP contribution in [0.1, 0.15) is 17.2 Å². The standard InChI is InChI=1S/C25H17FN2O4S/c1-32-17-10-7-15(8-11-17)22(29)20-21(14-5-3-2-4-6-14)28(24(31)23(20)30)25-27-18-12-9-16(26)13-19(18)33-25/h2-13,21,29H,1H3/b22-20+/t21-/m1/s1. The minimum Gasteiger partial charge on any atom is -0.507 e. The number of aromatic nitrogens is 1. The molecule has 1 aliphatic rings. The van der Waals surface area contributed by atoms with Gasteiger partial charge in [-0.15, -0.1) is 0 Å². The molecule has 8 heteroatoms. The van der Waals surface area contributed by atoms with Crippen LogP contribution >= 0.6 is 11.3 Å². The number of rotatable bonds is 4. The lowest BCUT2D eigenvalue weighted by atomic mass is 9.95. The molecular formula is C25H17FN2O4S. The van der Waals surface area contributed by atoms with Crippen molar-refractivity contribution < 1.29 is 23.8 Å². The Balaban J connectivity index is 1.70. The Labute approximate surface area is 192 Å². The van der Waals surface area contributed by atoms with Crippen molar-refractivity contribution in [3.05, 3.63) is 95.3 Å². The lowest BCUT2D eigenvalue weighted by molar-refractivity contribution is -0.132. The fraction of sp³-hybridized carbons (Fsp3) is 0.0800. The highest BCUT2D eigenvalue weighted by atomic mass is 32.1. The van der Waals surface area contributed by atoms with Crippen LogP contribution in [0.15, 0.2) is 78.4 Å². The molecule has 0 saturated carbocycles. The SMILES string of the molecule is COc1ccc(/C(O)=C2\C(=O)C(=O)N(c3nc4ccc(F)cc4s3)[C@@H]2c2ccccc2)cc1. The maximum atomic E-state index is 13.7. The Hall–Kier alpha value is -4.04. The van der Waals surface area contributed by atoms with E-state index < -0.39 is 23.5 Å². The van der Waals surface area contributed by atoms with Gasteiger partial charge in [0.05, 0.1) is 28.9 Å². The lowest BCUT2D eigenvalue weighted by Gasteiger charge is -2.22. The third-order valence-corrected chi connectivity index (χ3v) is 6.49. The summed E-state index contributed by atoms with van der Waals surface area (Å²) in [6, 6.07) is 18.8. The summed E-state index contributed by atoms with van der Waals surface area (Å²) in [5.74, 6) is -1.74. The highest BCUT2D eigenvalue weighted by molar-refractivity contribution is 7.22. The molecular weight excluding hydrogens is 443 g/mol. The van der Waals surface area contributed by atoms with Crippen LogP contribution in [0.25, 0.3) is 16.0 Å². The molecule has 1 saturated heterocycles. The summed E-state index contributed by atoms with van der Waals surface area (Å²) in [6.45, 7) is 0. The molecule has 1 amide bonds. The van der Waals surface area contributed by atoms with Crippen LogP contribution in [-0.4, -0.2) is 28.9 Å². The molecule has 0 bridgehead atoms. The van der Waals surface area contributed by atoms with E-state index in [-0.39, 0.29) is 16.5 Å². The maximum Gasteiger partial charge on any atom is 0.301 e. The van der Waals surface area contributed by atoms with Crippen molar-refractivity contribution >= 4 is 44.1 Å².